The molecule has 0 aromatic carbocycles. The van der Waals surface area contributed by atoms with Gasteiger partial charge in [-0.1, -0.05) is 5.16 Å². The van der Waals surface area contributed by atoms with Crippen LogP contribution in [0.15, 0.2) is 29.0 Å². The van der Waals surface area contributed by atoms with Gasteiger partial charge < -0.3 is 14.6 Å². The summed E-state index contributed by atoms with van der Waals surface area (Å²) in [7, 11) is 0. The third-order valence-electron chi connectivity index (χ3n) is 4.51. The molecule has 8 heteroatoms. The van der Waals surface area contributed by atoms with E-state index in [4.69, 9.17) is 9.26 Å². The first-order valence-corrected chi connectivity index (χ1v) is 8.60. The van der Waals surface area contributed by atoms with E-state index >= 15 is 0 Å². The maximum atomic E-state index is 12.6. The summed E-state index contributed by atoms with van der Waals surface area (Å²) < 4.78 is 10.4. The molecule has 4 heterocycles. The molecule has 3 aromatic rings. The molecule has 134 valence electrons. The Morgan fingerprint density at radius 1 is 1.31 bits per heavy atom. The minimum atomic E-state index is -0.264. The van der Waals surface area contributed by atoms with Crippen molar-refractivity contribution in [2.75, 3.05) is 13.2 Å². The molecular formula is C18H19N5O3. The van der Waals surface area contributed by atoms with Crippen molar-refractivity contribution in [3.63, 3.8) is 0 Å². The summed E-state index contributed by atoms with van der Waals surface area (Å²) in [5, 5.41) is 7.57. The van der Waals surface area contributed by atoms with Crippen LogP contribution >= 0.6 is 0 Å². The third kappa shape index (κ3) is 3.41. The van der Waals surface area contributed by atoms with Crippen LogP contribution in [-0.4, -0.2) is 39.2 Å². The number of nitrogens with one attached hydrogen (secondary N) is 1. The number of rotatable bonds is 4. The second kappa shape index (κ2) is 7.17. The first kappa shape index (κ1) is 16.6. The molecule has 1 N–H and O–H groups in total. The van der Waals surface area contributed by atoms with Crippen molar-refractivity contribution in [1.82, 2.24) is 25.4 Å². The van der Waals surface area contributed by atoms with Crippen molar-refractivity contribution < 1.29 is 14.1 Å². The summed E-state index contributed by atoms with van der Waals surface area (Å²) in [5.41, 5.74) is 2.25. The molecule has 0 radical (unpaired) electrons. The van der Waals surface area contributed by atoms with Crippen LogP contribution in [0.4, 0.5) is 0 Å². The van der Waals surface area contributed by atoms with Gasteiger partial charge in [0, 0.05) is 37.9 Å². The monoisotopic (exact) mass is 353 g/mol. The van der Waals surface area contributed by atoms with Gasteiger partial charge in [-0.05, 0) is 36.5 Å². The molecular weight excluding hydrogens is 334 g/mol. The average molecular weight is 353 g/mol. The van der Waals surface area contributed by atoms with Gasteiger partial charge in [-0.3, -0.25) is 9.78 Å². The quantitative estimate of drug-likeness (QED) is 0.766. The highest BCUT2D eigenvalue weighted by Crippen LogP contribution is 2.32. The minimum Gasteiger partial charge on any atom is -0.381 e. The van der Waals surface area contributed by atoms with Crippen molar-refractivity contribution in [1.29, 1.82) is 0 Å². The number of pyridine rings is 2. The number of aryl methyl sites for hydroxylation is 1. The summed E-state index contributed by atoms with van der Waals surface area (Å²) in [6.07, 6.45) is 5.36. The Labute approximate surface area is 150 Å². The molecule has 26 heavy (non-hydrogen) atoms. The van der Waals surface area contributed by atoms with Crippen LogP contribution in [0.1, 0.15) is 46.5 Å². The van der Waals surface area contributed by atoms with Crippen molar-refractivity contribution in [3.8, 4) is 0 Å². The number of carbonyl (C=O) groups is 1. The highest BCUT2D eigenvalue weighted by atomic mass is 16.5. The fourth-order valence-electron chi connectivity index (χ4n) is 3.22. The van der Waals surface area contributed by atoms with Gasteiger partial charge in [0.05, 0.1) is 12.1 Å². The first-order chi connectivity index (χ1) is 12.7. The van der Waals surface area contributed by atoms with Gasteiger partial charge >= 0.3 is 0 Å². The summed E-state index contributed by atoms with van der Waals surface area (Å²) in [6.45, 7) is 3.36. The Kier molecular flexibility index (Phi) is 4.57. The molecule has 1 aliphatic heterocycles. The van der Waals surface area contributed by atoms with Crippen LogP contribution in [0.2, 0.25) is 0 Å². The summed E-state index contributed by atoms with van der Waals surface area (Å²) >= 11 is 0. The maximum Gasteiger partial charge on any atom is 0.270 e. The zero-order valence-electron chi connectivity index (χ0n) is 14.4. The second-order valence-electron chi connectivity index (χ2n) is 6.29. The summed E-state index contributed by atoms with van der Waals surface area (Å²) in [5.74, 6) is 0.974. The number of fused-ring (bicyclic) bond motifs is 1. The van der Waals surface area contributed by atoms with Crippen LogP contribution in [0, 0.1) is 6.92 Å². The van der Waals surface area contributed by atoms with E-state index in [9.17, 15) is 4.79 Å². The van der Waals surface area contributed by atoms with Gasteiger partial charge in [0.25, 0.3) is 5.91 Å². The molecule has 1 amide bonds. The van der Waals surface area contributed by atoms with E-state index in [0.29, 0.717) is 23.3 Å². The number of hydrogen-bond acceptors (Lipinski definition) is 7. The predicted molar refractivity (Wildman–Crippen MR) is 92.5 cm³/mol. The molecule has 1 aliphatic rings. The number of ether oxygens (including phenoxy) is 1. The van der Waals surface area contributed by atoms with Crippen LogP contribution in [0.25, 0.3) is 10.9 Å². The standard InChI is InChI=1S/C18H19N5O3/c1-11-21-17(23-26-11)10-20-18(24)16-8-13(12-3-6-25-7-4-12)14-9-19-5-2-15(14)22-16/h2,5,8-9,12H,3-4,6-7,10H2,1H3,(H,20,24). The summed E-state index contributed by atoms with van der Waals surface area (Å²) in [4.78, 5) is 25.4. The largest absolute Gasteiger partial charge is 0.381 e. The van der Waals surface area contributed by atoms with Crippen molar-refractivity contribution >= 4 is 16.8 Å². The SMILES string of the molecule is Cc1nc(CNC(=O)c2cc(C3CCOCC3)c3cnccc3n2)no1. The number of hydrogen-bond donors (Lipinski definition) is 1. The van der Waals surface area contributed by atoms with Crippen molar-refractivity contribution in [3.05, 3.63) is 47.5 Å². The Morgan fingerprint density at radius 3 is 2.92 bits per heavy atom. The summed E-state index contributed by atoms with van der Waals surface area (Å²) in [6, 6.07) is 3.70. The number of amides is 1. The van der Waals surface area contributed by atoms with E-state index in [0.717, 1.165) is 42.5 Å². The number of carbonyl (C=O) groups excluding carboxylic acids is 1. The van der Waals surface area contributed by atoms with E-state index in [-0.39, 0.29) is 12.5 Å². The molecule has 8 nitrogen and oxygen atoms in total. The molecule has 0 aliphatic carbocycles. The van der Waals surface area contributed by atoms with Gasteiger partial charge in [0.1, 0.15) is 5.69 Å². The molecule has 0 atom stereocenters. The molecule has 3 aromatic heterocycles. The highest BCUT2D eigenvalue weighted by molar-refractivity contribution is 5.95. The Morgan fingerprint density at radius 2 is 2.15 bits per heavy atom. The zero-order chi connectivity index (χ0) is 17.9. The van der Waals surface area contributed by atoms with Gasteiger partial charge in [-0.2, -0.15) is 4.98 Å². The van der Waals surface area contributed by atoms with Crippen LogP contribution < -0.4 is 5.32 Å². The van der Waals surface area contributed by atoms with Gasteiger partial charge in [-0.25, -0.2) is 4.98 Å². The lowest BCUT2D eigenvalue weighted by Crippen LogP contribution is -2.25. The highest BCUT2D eigenvalue weighted by Gasteiger charge is 2.21. The lowest BCUT2D eigenvalue weighted by Gasteiger charge is -2.23. The van der Waals surface area contributed by atoms with E-state index < -0.39 is 0 Å². The maximum absolute atomic E-state index is 12.6. The molecule has 1 saturated heterocycles. The molecule has 0 unspecified atom stereocenters. The molecule has 0 saturated carbocycles. The van der Waals surface area contributed by atoms with E-state index in [1.165, 1.54) is 0 Å². The fraction of sp³-hybridized carbons (Fsp3) is 0.389. The lowest BCUT2D eigenvalue weighted by atomic mass is 9.89. The minimum absolute atomic E-state index is 0.193. The van der Waals surface area contributed by atoms with Crippen LogP contribution in [0.3, 0.4) is 0 Å². The van der Waals surface area contributed by atoms with Crippen LogP contribution in [0.5, 0.6) is 0 Å². The van der Waals surface area contributed by atoms with Crippen molar-refractivity contribution in [2.45, 2.75) is 32.2 Å². The molecule has 0 spiro atoms. The Bertz CT molecular complexity index is 933. The van der Waals surface area contributed by atoms with E-state index in [2.05, 4.69) is 25.4 Å². The Balaban J connectivity index is 1.62. The average Bonchev–Trinajstić information content (AvgIpc) is 3.11. The van der Waals surface area contributed by atoms with E-state index in [1.54, 1.807) is 13.1 Å². The van der Waals surface area contributed by atoms with Gasteiger partial charge in [0.15, 0.2) is 5.82 Å². The van der Waals surface area contributed by atoms with Gasteiger partial charge in [0.2, 0.25) is 5.89 Å². The van der Waals surface area contributed by atoms with Gasteiger partial charge in [-0.15, -0.1) is 0 Å². The second-order valence-corrected chi connectivity index (χ2v) is 6.29. The van der Waals surface area contributed by atoms with Crippen LogP contribution in [-0.2, 0) is 11.3 Å². The Hall–Kier alpha value is -2.87. The molecule has 0 bridgehead atoms. The lowest BCUT2D eigenvalue weighted by molar-refractivity contribution is 0.0855. The topological polar surface area (TPSA) is 103 Å². The van der Waals surface area contributed by atoms with Crippen molar-refractivity contribution in [2.24, 2.45) is 0 Å². The smallest absolute Gasteiger partial charge is 0.270 e. The number of aromatic nitrogens is 4. The third-order valence-corrected chi connectivity index (χ3v) is 4.51. The zero-order valence-corrected chi connectivity index (χ0v) is 14.4. The predicted octanol–water partition coefficient (Wildman–Crippen LogP) is 2.15. The molecule has 4 rings (SSSR count). The normalized spacial score (nSPS) is 15.3. The molecule has 1 fully saturated rings. The fourth-order valence-corrected chi connectivity index (χ4v) is 3.22. The van der Waals surface area contributed by atoms with E-state index in [1.807, 2.05) is 18.3 Å². The first-order valence-electron chi connectivity index (χ1n) is 8.60. The number of nitrogens with zero attached hydrogens (tertiary/aromatic N) is 4.